The van der Waals surface area contributed by atoms with Gasteiger partial charge in [0.25, 0.3) is 0 Å². The molecule has 1 aromatic rings. The Morgan fingerprint density at radius 1 is 1.41 bits per heavy atom. The topological polar surface area (TPSA) is 44.5 Å². The lowest BCUT2D eigenvalue weighted by molar-refractivity contribution is 0.277. The van der Waals surface area contributed by atoms with E-state index in [1.807, 2.05) is 12.1 Å². The molecule has 0 unspecified atom stereocenters. The third-order valence-electron chi connectivity index (χ3n) is 2.94. The molecule has 1 aliphatic rings. The number of rotatable bonds is 6. The first-order chi connectivity index (χ1) is 8.26. The maximum atomic E-state index is 6.18. The highest BCUT2D eigenvalue weighted by Gasteiger charge is 2.23. The van der Waals surface area contributed by atoms with E-state index in [1.54, 1.807) is 7.11 Å². The van der Waals surface area contributed by atoms with Crippen LogP contribution in [0, 0.1) is 5.92 Å². The molecule has 4 heteroatoms. The fraction of sp³-hybridized carbons (Fsp3) is 0.538. The standard InChI is InChI=1S/C13H18ClNO2/c1-16-12-5-4-11(14)10(6-7-15)13(12)17-8-9-2-3-9/h4-5,9H,2-3,6-8,15H2,1H3. The third kappa shape index (κ3) is 3.05. The Kier molecular flexibility index (Phi) is 4.13. The summed E-state index contributed by atoms with van der Waals surface area (Å²) in [5.74, 6) is 2.19. The molecule has 0 atom stereocenters. The van der Waals surface area contributed by atoms with Gasteiger partial charge in [0.05, 0.1) is 13.7 Å². The van der Waals surface area contributed by atoms with Gasteiger partial charge in [-0.05, 0) is 43.9 Å². The number of nitrogens with two attached hydrogens (primary N) is 1. The molecule has 0 heterocycles. The van der Waals surface area contributed by atoms with Crippen molar-refractivity contribution in [2.45, 2.75) is 19.3 Å². The Hall–Kier alpha value is -0.930. The number of halogens is 1. The first kappa shape index (κ1) is 12.5. The highest BCUT2D eigenvalue weighted by molar-refractivity contribution is 6.31. The zero-order valence-corrected chi connectivity index (χ0v) is 10.8. The predicted molar refractivity (Wildman–Crippen MR) is 69.0 cm³/mol. The van der Waals surface area contributed by atoms with Crippen molar-refractivity contribution in [3.05, 3.63) is 22.7 Å². The van der Waals surface area contributed by atoms with Gasteiger partial charge in [-0.25, -0.2) is 0 Å². The molecule has 2 N–H and O–H groups in total. The summed E-state index contributed by atoms with van der Waals surface area (Å²) in [4.78, 5) is 0. The largest absolute Gasteiger partial charge is 0.493 e. The monoisotopic (exact) mass is 255 g/mol. The van der Waals surface area contributed by atoms with Crippen molar-refractivity contribution in [3.8, 4) is 11.5 Å². The molecule has 17 heavy (non-hydrogen) atoms. The molecular formula is C13H18ClNO2. The second-order valence-corrected chi connectivity index (χ2v) is 4.76. The molecule has 94 valence electrons. The molecule has 0 bridgehead atoms. The van der Waals surface area contributed by atoms with Crippen molar-refractivity contribution >= 4 is 11.6 Å². The van der Waals surface area contributed by atoms with Gasteiger partial charge in [0.2, 0.25) is 0 Å². The normalized spacial score (nSPS) is 14.8. The van der Waals surface area contributed by atoms with Crippen LogP contribution in [0.2, 0.25) is 5.02 Å². The van der Waals surface area contributed by atoms with E-state index in [0.29, 0.717) is 23.9 Å². The summed E-state index contributed by atoms with van der Waals surface area (Å²) in [6.45, 7) is 1.29. The van der Waals surface area contributed by atoms with Crippen molar-refractivity contribution in [1.82, 2.24) is 0 Å². The molecule has 0 aliphatic heterocycles. The summed E-state index contributed by atoms with van der Waals surface area (Å²) >= 11 is 6.18. The van der Waals surface area contributed by atoms with Crippen LogP contribution < -0.4 is 15.2 Å². The van der Waals surface area contributed by atoms with E-state index >= 15 is 0 Å². The van der Waals surface area contributed by atoms with Gasteiger partial charge >= 0.3 is 0 Å². The molecular weight excluding hydrogens is 238 g/mol. The lowest BCUT2D eigenvalue weighted by Gasteiger charge is -2.16. The molecule has 0 spiro atoms. The maximum Gasteiger partial charge on any atom is 0.165 e. The van der Waals surface area contributed by atoms with Gasteiger partial charge in [0.1, 0.15) is 0 Å². The average molecular weight is 256 g/mol. The Morgan fingerprint density at radius 2 is 2.18 bits per heavy atom. The van der Waals surface area contributed by atoms with Crippen LogP contribution in [0.5, 0.6) is 11.5 Å². The van der Waals surface area contributed by atoms with Gasteiger partial charge < -0.3 is 15.2 Å². The van der Waals surface area contributed by atoms with E-state index in [-0.39, 0.29) is 0 Å². The van der Waals surface area contributed by atoms with Gasteiger partial charge in [-0.3, -0.25) is 0 Å². The van der Waals surface area contributed by atoms with Gasteiger partial charge in [-0.15, -0.1) is 0 Å². The number of ether oxygens (including phenoxy) is 2. The number of benzene rings is 1. The van der Waals surface area contributed by atoms with Gasteiger partial charge in [0, 0.05) is 10.6 Å². The van der Waals surface area contributed by atoms with Crippen molar-refractivity contribution in [2.24, 2.45) is 11.7 Å². The van der Waals surface area contributed by atoms with Gasteiger partial charge in [-0.2, -0.15) is 0 Å². The maximum absolute atomic E-state index is 6.18. The Labute approximate surface area is 107 Å². The molecule has 0 radical (unpaired) electrons. The summed E-state index contributed by atoms with van der Waals surface area (Å²) in [6, 6.07) is 3.67. The average Bonchev–Trinajstić information content (AvgIpc) is 3.14. The first-order valence-corrected chi connectivity index (χ1v) is 6.32. The molecule has 3 nitrogen and oxygen atoms in total. The SMILES string of the molecule is COc1ccc(Cl)c(CCN)c1OCC1CC1. The fourth-order valence-corrected chi connectivity index (χ4v) is 2.01. The molecule has 0 amide bonds. The minimum Gasteiger partial charge on any atom is -0.493 e. The van der Waals surface area contributed by atoms with Crippen LogP contribution in [0.3, 0.4) is 0 Å². The van der Waals surface area contributed by atoms with Gasteiger partial charge in [0.15, 0.2) is 11.5 Å². The van der Waals surface area contributed by atoms with Gasteiger partial charge in [-0.1, -0.05) is 11.6 Å². The summed E-state index contributed by atoms with van der Waals surface area (Å²) in [6.07, 6.45) is 3.22. The molecule has 0 saturated heterocycles. The molecule has 1 aliphatic carbocycles. The van der Waals surface area contributed by atoms with Crippen LogP contribution >= 0.6 is 11.6 Å². The molecule has 1 aromatic carbocycles. The second kappa shape index (κ2) is 5.61. The number of hydrogen-bond acceptors (Lipinski definition) is 3. The molecule has 2 rings (SSSR count). The summed E-state index contributed by atoms with van der Waals surface area (Å²) in [5.41, 5.74) is 6.56. The molecule has 1 fully saturated rings. The fourth-order valence-electron chi connectivity index (χ4n) is 1.76. The highest BCUT2D eigenvalue weighted by Crippen LogP contribution is 2.38. The van der Waals surface area contributed by atoms with E-state index in [2.05, 4.69) is 0 Å². The molecule has 1 saturated carbocycles. The highest BCUT2D eigenvalue weighted by atomic mass is 35.5. The third-order valence-corrected chi connectivity index (χ3v) is 3.30. The van der Waals surface area contributed by atoms with E-state index in [4.69, 9.17) is 26.8 Å². The lowest BCUT2D eigenvalue weighted by Crippen LogP contribution is -2.08. The zero-order valence-electron chi connectivity index (χ0n) is 10.0. The van der Waals surface area contributed by atoms with Crippen molar-refractivity contribution in [3.63, 3.8) is 0 Å². The number of hydrogen-bond donors (Lipinski definition) is 1. The van der Waals surface area contributed by atoms with E-state index in [9.17, 15) is 0 Å². The summed E-state index contributed by atoms with van der Waals surface area (Å²) in [5, 5.41) is 0.696. The van der Waals surface area contributed by atoms with Crippen LogP contribution in [-0.4, -0.2) is 20.3 Å². The van der Waals surface area contributed by atoms with E-state index in [0.717, 1.165) is 23.7 Å². The minimum atomic E-state index is 0.548. The van der Waals surface area contributed by atoms with Crippen LogP contribution in [0.15, 0.2) is 12.1 Å². The Balaban J connectivity index is 2.24. The van der Waals surface area contributed by atoms with Crippen molar-refractivity contribution in [1.29, 1.82) is 0 Å². The zero-order chi connectivity index (χ0) is 12.3. The van der Waals surface area contributed by atoms with Crippen LogP contribution in [-0.2, 0) is 6.42 Å². The van der Waals surface area contributed by atoms with Crippen molar-refractivity contribution < 1.29 is 9.47 Å². The smallest absolute Gasteiger partial charge is 0.165 e. The van der Waals surface area contributed by atoms with Crippen LogP contribution in [0.4, 0.5) is 0 Å². The first-order valence-electron chi connectivity index (χ1n) is 5.94. The predicted octanol–water partition coefficient (Wildman–Crippen LogP) is 2.64. The Morgan fingerprint density at radius 3 is 2.76 bits per heavy atom. The van der Waals surface area contributed by atoms with E-state index in [1.165, 1.54) is 12.8 Å². The van der Waals surface area contributed by atoms with Crippen molar-refractivity contribution in [2.75, 3.05) is 20.3 Å². The lowest BCUT2D eigenvalue weighted by atomic mass is 10.1. The quantitative estimate of drug-likeness (QED) is 0.850. The van der Waals surface area contributed by atoms with Crippen LogP contribution in [0.1, 0.15) is 18.4 Å². The Bertz CT molecular complexity index is 391. The summed E-state index contributed by atoms with van der Waals surface area (Å²) < 4.78 is 11.2. The summed E-state index contributed by atoms with van der Waals surface area (Å²) in [7, 11) is 1.64. The second-order valence-electron chi connectivity index (χ2n) is 4.35. The van der Waals surface area contributed by atoms with Crippen LogP contribution in [0.25, 0.3) is 0 Å². The number of methoxy groups -OCH3 is 1. The van der Waals surface area contributed by atoms with E-state index < -0.39 is 0 Å². The minimum absolute atomic E-state index is 0.548. The molecule has 0 aromatic heterocycles.